The minimum absolute atomic E-state index is 0.197. The van der Waals surface area contributed by atoms with Gasteiger partial charge in [0.05, 0.1) is 6.26 Å². The number of hydrogen-bond acceptors (Lipinski definition) is 5. The van der Waals surface area contributed by atoms with E-state index in [1.54, 1.807) is 20.8 Å². The second kappa shape index (κ2) is 6.86. The van der Waals surface area contributed by atoms with E-state index >= 15 is 0 Å². The summed E-state index contributed by atoms with van der Waals surface area (Å²) in [4.78, 5) is 23.1. The van der Waals surface area contributed by atoms with Crippen LogP contribution >= 0.6 is 0 Å². The van der Waals surface area contributed by atoms with Gasteiger partial charge in [0.25, 0.3) is 0 Å². The average molecular weight is 344 g/mol. The lowest BCUT2D eigenvalue weighted by molar-refractivity contribution is -0.139. The highest BCUT2D eigenvalue weighted by molar-refractivity contribution is 7.92. The highest BCUT2D eigenvalue weighted by atomic mass is 32.2. The second-order valence-electron chi connectivity index (χ2n) is 5.92. The van der Waals surface area contributed by atoms with Gasteiger partial charge in [0.1, 0.15) is 5.60 Å². The maximum atomic E-state index is 11.8. The van der Waals surface area contributed by atoms with Crippen LogP contribution in [-0.4, -0.2) is 37.4 Å². The van der Waals surface area contributed by atoms with Gasteiger partial charge in [-0.05, 0) is 38.5 Å². The zero-order valence-corrected chi connectivity index (χ0v) is 14.1. The number of rotatable bonds is 5. The molecule has 0 radical (unpaired) electrons. The predicted molar refractivity (Wildman–Crippen MR) is 84.7 cm³/mol. The molecule has 9 heteroatoms. The molecule has 0 spiro atoms. The number of hydrogen-bond donors (Lipinski definition) is 3. The molecule has 128 valence electrons. The molecule has 0 aromatic heterocycles. The van der Waals surface area contributed by atoms with E-state index in [2.05, 4.69) is 10.0 Å². The fourth-order valence-electron chi connectivity index (χ4n) is 1.71. The molecule has 0 aliphatic rings. The van der Waals surface area contributed by atoms with Gasteiger partial charge in [0.15, 0.2) is 6.04 Å². The molecule has 23 heavy (non-hydrogen) atoms. The van der Waals surface area contributed by atoms with Crippen molar-refractivity contribution in [1.29, 1.82) is 0 Å². The molecule has 0 unspecified atom stereocenters. The Morgan fingerprint density at radius 1 is 1.26 bits per heavy atom. The van der Waals surface area contributed by atoms with Gasteiger partial charge in [-0.15, -0.1) is 0 Å². The number of carbonyl (C=O) groups is 2. The smallest absolute Gasteiger partial charge is 0.408 e. The number of carbonyl (C=O) groups excluding carboxylic acids is 1. The third-order valence-corrected chi connectivity index (χ3v) is 3.04. The largest absolute Gasteiger partial charge is 0.479 e. The maximum Gasteiger partial charge on any atom is 0.408 e. The highest BCUT2D eigenvalue weighted by Crippen LogP contribution is 2.19. The summed E-state index contributed by atoms with van der Waals surface area (Å²) < 4.78 is 29.7. The number of carboxylic acids is 1. The number of carboxylic acid groups (broad SMARTS) is 1. The number of benzene rings is 1. The standard InChI is InChI=1S/C14H20N2O6S/c1-14(2,3)22-13(19)15-11(12(17)18)9-6-5-7-10(8-9)16-23(4,20)21/h5-8,11,16H,1-4H3,(H,15,19)(H,17,18)/t11-/m1/s1. The van der Waals surface area contributed by atoms with Crippen LogP contribution in [0.1, 0.15) is 32.4 Å². The zero-order chi connectivity index (χ0) is 17.8. The number of anilines is 1. The van der Waals surface area contributed by atoms with Crippen LogP contribution in [-0.2, 0) is 19.6 Å². The number of nitrogens with one attached hydrogen (secondary N) is 2. The first kappa shape index (κ1) is 18.8. The first-order chi connectivity index (χ1) is 10.4. The SMILES string of the molecule is CC(C)(C)OC(=O)N[C@@H](C(=O)O)c1cccc(NS(C)(=O)=O)c1. The van der Waals surface area contributed by atoms with Gasteiger partial charge >= 0.3 is 12.1 Å². The molecule has 0 aliphatic heterocycles. The number of amides is 1. The summed E-state index contributed by atoms with van der Waals surface area (Å²) in [5.74, 6) is -1.30. The van der Waals surface area contributed by atoms with Crippen molar-refractivity contribution in [2.45, 2.75) is 32.4 Å². The van der Waals surface area contributed by atoms with Gasteiger partial charge in [0, 0.05) is 5.69 Å². The van der Waals surface area contributed by atoms with Crippen LogP contribution < -0.4 is 10.0 Å². The Hall–Kier alpha value is -2.29. The molecule has 1 aromatic carbocycles. The van der Waals surface area contributed by atoms with Crippen LogP contribution in [0.5, 0.6) is 0 Å². The van der Waals surface area contributed by atoms with Crippen molar-refractivity contribution in [3.8, 4) is 0 Å². The Morgan fingerprint density at radius 2 is 1.87 bits per heavy atom. The van der Waals surface area contributed by atoms with E-state index in [0.29, 0.717) is 0 Å². The molecule has 8 nitrogen and oxygen atoms in total. The summed E-state index contributed by atoms with van der Waals surface area (Å²) >= 11 is 0. The van der Waals surface area contributed by atoms with Crippen LogP contribution in [0.15, 0.2) is 24.3 Å². The van der Waals surface area contributed by atoms with Crippen molar-refractivity contribution < 1.29 is 27.9 Å². The fourth-order valence-corrected chi connectivity index (χ4v) is 2.26. The molecule has 0 fully saturated rings. The Kier molecular flexibility index (Phi) is 5.60. The number of aliphatic carboxylic acids is 1. The molecule has 0 heterocycles. The Labute approximate surface area is 134 Å². The quantitative estimate of drug-likeness (QED) is 0.747. The Balaban J connectivity index is 3.00. The van der Waals surface area contributed by atoms with E-state index in [1.165, 1.54) is 24.3 Å². The van der Waals surface area contributed by atoms with Crippen molar-refractivity contribution >= 4 is 27.8 Å². The molecular formula is C14H20N2O6S. The van der Waals surface area contributed by atoms with Crippen molar-refractivity contribution in [2.75, 3.05) is 11.0 Å². The van der Waals surface area contributed by atoms with Gasteiger partial charge in [-0.2, -0.15) is 0 Å². The van der Waals surface area contributed by atoms with Crippen molar-refractivity contribution in [3.05, 3.63) is 29.8 Å². The zero-order valence-electron chi connectivity index (χ0n) is 13.3. The van der Waals surface area contributed by atoms with Gasteiger partial charge < -0.3 is 15.2 Å². The average Bonchev–Trinajstić information content (AvgIpc) is 2.31. The molecule has 0 saturated carbocycles. The summed E-state index contributed by atoms with van der Waals surface area (Å²) in [6.07, 6.45) is 0.0965. The van der Waals surface area contributed by atoms with Crippen LogP contribution in [0, 0.1) is 0 Å². The fraction of sp³-hybridized carbons (Fsp3) is 0.429. The summed E-state index contributed by atoms with van der Waals surface area (Å²) in [5, 5.41) is 11.5. The summed E-state index contributed by atoms with van der Waals surface area (Å²) in [5.41, 5.74) is -0.369. The minimum Gasteiger partial charge on any atom is -0.479 e. The molecule has 0 aliphatic carbocycles. The lowest BCUT2D eigenvalue weighted by Gasteiger charge is -2.22. The normalized spacial score (nSPS) is 13.0. The molecule has 0 saturated heterocycles. The molecule has 1 amide bonds. The first-order valence-electron chi connectivity index (χ1n) is 6.67. The lowest BCUT2D eigenvalue weighted by atomic mass is 10.1. The third-order valence-electron chi connectivity index (χ3n) is 2.43. The predicted octanol–water partition coefficient (Wildman–Crippen LogP) is 1.71. The Bertz CT molecular complexity index is 693. The summed E-state index contributed by atoms with van der Waals surface area (Å²) in [6.45, 7) is 4.96. The molecule has 1 rings (SSSR count). The van der Waals surface area contributed by atoms with Gasteiger partial charge in [-0.25, -0.2) is 18.0 Å². The molecular weight excluding hydrogens is 324 g/mol. The molecule has 1 aromatic rings. The van der Waals surface area contributed by atoms with Gasteiger partial charge in [-0.3, -0.25) is 4.72 Å². The van der Waals surface area contributed by atoms with Crippen LogP contribution in [0.3, 0.4) is 0 Å². The minimum atomic E-state index is -3.50. The lowest BCUT2D eigenvalue weighted by Crippen LogP contribution is -2.38. The summed E-state index contributed by atoms with van der Waals surface area (Å²) in [7, 11) is -3.50. The van der Waals surface area contributed by atoms with Crippen LogP contribution in [0.2, 0.25) is 0 Å². The monoisotopic (exact) mass is 344 g/mol. The Morgan fingerprint density at radius 3 is 2.35 bits per heavy atom. The second-order valence-corrected chi connectivity index (χ2v) is 7.67. The molecule has 1 atom stereocenters. The van der Waals surface area contributed by atoms with Crippen LogP contribution in [0.25, 0.3) is 0 Å². The van der Waals surface area contributed by atoms with E-state index in [9.17, 15) is 23.1 Å². The number of sulfonamides is 1. The summed E-state index contributed by atoms with van der Waals surface area (Å²) in [6, 6.07) is 4.37. The van der Waals surface area contributed by atoms with Crippen LogP contribution in [0.4, 0.5) is 10.5 Å². The van der Waals surface area contributed by atoms with E-state index in [1.807, 2.05) is 0 Å². The topological polar surface area (TPSA) is 122 Å². The third kappa shape index (κ3) is 7.00. The first-order valence-corrected chi connectivity index (χ1v) is 8.56. The number of alkyl carbamates (subject to hydrolysis) is 1. The van der Waals surface area contributed by atoms with Gasteiger partial charge in [-0.1, -0.05) is 12.1 Å². The number of ether oxygens (including phenoxy) is 1. The van der Waals surface area contributed by atoms with Crippen molar-refractivity contribution in [1.82, 2.24) is 5.32 Å². The van der Waals surface area contributed by atoms with E-state index in [-0.39, 0.29) is 11.3 Å². The maximum absolute atomic E-state index is 11.8. The molecule has 3 N–H and O–H groups in total. The van der Waals surface area contributed by atoms with E-state index in [4.69, 9.17) is 4.74 Å². The van der Waals surface area contributed by atoms with Crippen molar-refractivity contribution in [3.63, 3.8) is 0 Å². The van der Waals surface area contributed by atoms with E-state index in [0.717, 1.165) is 6.26 Å². The van der Waals surface area contributed by atoms with Gasteiger partial charge in [0.2, 0.25) is 10.0 Å². The van der Waals surface area contributed by atoms with Crippen molar-refractivity contribution in [2.24, 2.45) is 0 Å². The van der Waals surface area contributed by atoms with E-state index < -0.39 is 33.7 Å². The highest BCUT2D eigenvalue weighted by Gasteiger charge is 2.25. The molecule has 0 bridgehead atoms.